The average Bonchev–Trinajstić information content (AvgIpc) is 3.33. The molecule has 0 amide bonds. The third-order valence-electron chi connectivity index (χ3n) is 4.48. The van der Waals surface area contributed by atoms with Gasteiger partial charge in [-0.25, -0.2) is 9.37 Å². The molecule has 0 aliphatic rings. The number of nitrogens with zero attached hydrogens (tertiary/aromatic N) is 7. The molecule has 9 heteroatoms. The summed E-state index contributed by atoms with van der Waals surface area (Å²) in [5, 5.41) is 13.3. The fourth-order valence-corrected chi connectivity index (χ4v) is 3.02. The maximum Gasteiger partial charge on any atom is 0.225 e. The first-order chi connectivity index (χ1) is 13.7. The van der Waals surface area contributed by atoms with Crippen LogP contribution in [0.25, 0.3) is 27.8 Å². The van der Waals surface area contributed by atoms with E-state index >= 15 is 0 Å². The monoisotopic (exact) mass is 375 g/mol. The molecule has 5 aromatic rings. The Kier molecular flexibility index (Phi) is 3.71. The molecule has 0 fully saturated rings. The van der Waals surface area contributed by atoms with Gasteiger partial charge in [0, 0.05) is 12.6 Å². The molecule has 0 saturated carbocycles. The quantitative estimate of drug-likeness (QED) is 0.480. The van der Waals surface area contributed by atoms with Crippen molar-refractivity contribution in [2.24, 2.45) is 7.05 Å². The molecule has 28 heavy (non-hydrogen) atoms. The molecule has 0 saturated heterocycles. The van der Waals surface area contributed by atoms with E-state index in [-0.39, 0.29) is 12.4 Å². The van der Waals surface area contributed by atoms with E-state index in [1.807, 2.05) is 24.3 Å². The van der Waals surface area contributed by atoms with Crippen molar-refractivity contribution in [3.05, 3.63) is 66.5 Å². The maximum atomic E-state index is 13.3. The van der Waals surface area contributed by atoms with E-state index in [4.69, 9.17) is 4.74 Å². The van der Waals surface area contributed by atoms with Gasteiger partial charge in [-0.15, -0.1) is 5.10 Å². The van der Waals surface area contributed by atoms with Gasteiger partial charge in [0.05, 0.1) is 10.9 Å². The molecule has 5 rings (SSSR count). The highest BCUT2D eigenvalue weighted by Crippen LogP contribution is 2.29. The molecule has 0 spiro atoms. The van der Waals surface area contributed by atoms with Crippen molar-refractivity contribution in [2.75, 3.05) is 0 Å². The molecular weight excluding hydrogens is 361 g/mol. The van der Waals surface area contributed by atoms with Gasteiger partial charge in [0.1, 0.15) is 24.4 Å². The Morgan fingerprint density at radius 1 is 1.07 bits per heavy atom. The molecule has 3 aromatic heterocycles. The number of halogens is 1. The molecular formula is C19H14FN7O. The lowest BCUT2D eigenvalue weighted by Gasteiger charge is -2.09. The van der Waals surface area contributed by atoms with Crippen LogP contribution in [0, 0.1) is 5.82 Å². The first-order valence-corrected chi connectivity index (χ1v) is 8.56. The predicted molar refractivity (Wildman–Crippen MR) is 99.0 cm³/mol. The summed E-state index contributed by atoms with van der Waals surface area (Å²) < 4.78 is 22.6. The van der Waals surface area contributed by atoms with E-state index in [1.165, 1.54) is 18.5 Å². The van der Waals surface area contributed by atoms with E-state index in [2.05, 4.69) is 25.4 Å². The lowest BCUT2D eigenvalue weighted by molar-refractivity contribution is 0.283. The smallest absolute Gasteiger partial charge is 0.225 e. The zero-order chi connectivity index (χ0) is 19.1. The fourth-order valence-electron chi connectivity index (χ4n) is 3.02. The standard InChI is InChI=1S/C19H14FN7O/c1-26-16(21-11-22-26)10-28-19-14-4-2-3-5-15(14)27-18(23-19)17(24-25-27)12-6-8-13(20)9-7-12/h2-9,11H,10H2,1H3. The summed E-state index contributed by atoms with van der Waals surface area (Å²) in [6.07, 6.45) is 1.47. The molecule has 0 unspecified atom stereocenters. The number of para-hydroxylation sites is 1. The second-order valence-electron chi connectivity index (χ2n) is 6.20. The predicted octanol–water partition coefficient (Wildman–Crippen LogP) is 2.79. The number of ether oxygens (including phenoxy) is 1. The van der Waals surface area contributed by atoms with Crippen LogP contribution in [0.2, 0.25) is 0 Å². The van der Waals surface area contributed by atoms with Crippen molar-refractivity contribution in [3.8, 4) is 17.1 Å². The molecule has 0 N–H and O–H groups in total. The minimum Gasteiger partial charge on any atom is -0.469 e. The molecule has 0 radical (unpaired) electrons. The molecule has 0 atom stereocenters. The Labute approximate surface area is 158 Å². The maximum absolute atomic E-state index is 13.3. The third-order valence-corrected chi connectivity index (χ3v) is 4.48. The van der Waals surface area contributed by atoms with Crippen molar-refractivity contribution >= 4 is 16.6 Å². The molecule has 0 aliphatic heterocycles. The Balaban J connectivity index is 1.66. The highest BCUT2D eigenvalue weighted by atomic mass is 19.1. The van der Waals surface area contributed by atoms with Crippen molar-refractivity contribution < 1.29 is 9.13 Å². The summed E-state index contributed by atoms with van der Waals surface area (Å²) in [6.45, 7) is 0.219. The van der Waals surface area contributed by atoms with Crippen molar-refractivity contribution in [2.45, 2.75) is 6.61 Å². The number of aryl methyl sites for hydroxylation is 1. The van der Waals surface area contributed by atoms with Crippen molar-refractivity contribution in [1.82, 2.24) is 34.6 Å². The Hall–Kier alpha value is -3.88. The average molecular weight is 375 g/mol. The zero-order valence-electron chi connectivity index (χ0n) is 14.8. The minimum atomic E-state index is -0.314. The van der Waals surface area contributed by atoms with Gasteiger partial charge in [-0.05, 0) is 36.4 Å². The van der Waals surface area contributed by atoms with Gasteiger partial charge in [-0.3, -0.25) is 4.68 Å². The molecule has 138 valence electrons. The van der Waals surface area contributed by atoms with E-state index in [0.29, 0.717) is 23.0 Å². The van der Waals surface area contributed by atoms with Gasteiger partial charge in [-0.2, -0.15) is 14.6 Å². The number of benzene rings is 2. The topological polar surface area (TPSA) is 83.0 Å². The third kappa shape index (κ3) is 2.64. The largest absolute Gasteiger partial charge is 0.469 e. The van der Waals surface area contributed by atoms with Crippen LogP contribution in [0.4, 0.5) is 4.39 Å². The second-order valence-corrected chi connectivity index (χ2v) is 6.20. The number of aromatic nitrogens is 7. The van der Waals surface area contributed by atoms with Gasteiger partial charge in [0.2, 0.25) is 5.88 Å². The lowest BCUT2D eigenvalue weighted by Crippen LogP contribution is -2.06. The minimum absolute atomic E-state index is 0.219. The first kappa shape index (κ1) is 16.3. The molecule has 2 aromatic carbocycles. The highest BCUT2D eigenvalue weighted by Gasteiger charge is 2.17. The zero-order valence-corrected chi connectivity index (χ0v) is 14.8. The highest BCUT2D eigenvalue weighted by molar-refractivity contribution is 5.88. The van der Waals surface area contributed by atoms with E-state index in [1.54, 1.807) is 28.4 Å². The number of hydrogen-bond acceptors (Lipinski definition) is 6. The van der Waals surface area contributed by atoms with Crippen LogP contribution in [0.3, 0.4) is 0 Å². The summed E-state index contributed by atoms with van der Waals surface area (Å²) in [5.41, 5.74) is 2.60. The second kappa shape index (κ2) is 6.38. The van der Waals surface area contributed by atoms with Crippen LogP contribution < -0.4 is 4.74 Å². The van der Waals surface area contributed by atoms with Crippen LogP contribution >= 0.6 is 0 Å². The van der Waals surface area contributed by atoms with E-state index in [9.17, 15) is 4.39 Å². The summed E-state index contributed by atoms with van der Waals surface area (Å²) in [5.74, 6) is 0.805. The normalized spacial score (nSPS) is 11.4. The first-order valence-electron chi connectivity index (χ1n) is 8.56. The summed E-state index contributed by atoms with van der Waals surface area (Å²) in [4.78, 5) is 8.83. The fraction of sp³-hybridized carbons (Fsp3) is 0.105. The number of rotatable bonds is 4. The van der Waals surface area contributed by atoms with Gasteiger partial charge in [-0.1, -0.05) is 17.3 Å². The van der Waals surface area contributed by atoms with Crippen LogP contribution in [-0.4, -0.2) is 34.6 Å². The van der Waals surface area contributed by atoms with Gasteiger partial charge < -0.3 is 4.74 Å². The van der Waals surface area contributed by atoms with Crippen molar-refractivity contribution in [3.63, 3.8) is 0 Å². The molecule has 0 bridgehead atoms. The Bertz CT molecular complexity index is 1290. The van der Waals surface area contributed by atoms with Gasteiger partial charge in [0.25, 0.3) is 0 Å². The van der Waals surface area contributed by atoms with Crippen LogP contribution in [0.15, 0.2) is 54.9 Å². The number of fused-ring (bicyclic) bond motifs is 3. The van der Waals surface area contributed by atoms with Gasteiger partial charge in [0.15, 0.2) is 11.5 Å². The van der Waals surface area contributed by atoms with Crippen LogP contribution in [-0.2, 0) is 13.7 Å². The van der Waals surface area contributed by atoms with E-state index < -0.39 is 0 Å². The Morgan fingerprint density at radius 2 is 1.89 bits per heavy atom. The van der Waals surface area contributed by atoms with Crippen LogP contribution in [0.5, 0.6) is 5.88 Å². The molecule has 3 heterocycles. The summed E-state index contributed by atoms with van der Waals surface area (Å²) in [6, 6.07) is 13.7. The lowest BCUT2D eigenvalue weighted by atomic mass is 10.1. The summed E-state index contributed by atoms with van der Waals surface area (Å²) in [7, 11) is 1.80. The van der Waals surface area contributed by atoms with Gasteiger partial charge >= 0.3 is 0 Å². The molecule has 0 aliphatic carbocycles. The van der Waals surface area contributed by atoms with Crippen molar-refractivity contribution in [1.29, 1.82) is 0 Å². The SMILES string of the molecule is Cn1ncnc1COc1nc2c(-c3ccc(F)cc3)nnn2c2ccccc12. The van der Waals surface area contributed by atoms with Crippen LogP contribution in [0.1, 0.15) is 5.82 Å². The number of hydrogen-bond donors (Lipinski definition) is 0. The summed E-state index contributed by atoms with van der Waals surface area (Å²) >= 11 is 0. The van der Waals surface area contributed by atoms with E-state index in [0.717, 1.165) is 16.5 Å². The Morgan fingerprint density at radius 3 is 2.68 bits per heavy atom. The molecule has 8 nitrogen and oxygen atoms in total.